The number of hydrogen-bond donors (Lipinski definition) is 10. The van der Waals surface area contributed by atoms with Gasteiger partial charge in [-0.25, -0.2) is 0 Å². The molecule has 24 heavy (non-hydrogen) atoms. The smallest absolute Gasteiger partial charge is 0.151 e. The molecule has 0 aromatic heterocycles. The molecule has 0 spiro atoms. The third kappa shape index (κ3) is 6.14. The number of hydrogen-bond acceptors (Lipinski definition) is 11. The van der Waals surface area contributed by atoms with Crippen molar-refractivity contribution in [2.75, 3.05) is 13.2 Å². The number of nitrogens with two attached hydrogens (primary N) is 1. The van der Waals surface area contributed by atoms with Crippen LogP contribution in [0.3, 0.4) is 0 Å². The maximum atomic E-state index is 9.90. The third-order valence-electron chi connectivity index (χ3n) is 3.46. The zero-order valence-electron chi connectivity index (χ0n) is 12.7. The van der Waals surface area contributed by atoms with Crippen LogP contribution in [0.2, 0.25) is 0 Å². The highest BCUT2D eigenvalue weighted by Gasteiger charge is 2.35. The van der Waals surface area contributed by atoms with Gasteiger partial charge in [-0.05, 0) is 5.57 Å². The standard InChI is InChI=1S/C7H13NO4.C6H12O6/c8-4-1-3(2-9)5(10)7(12)6(4)11;7-1-3(9)5(11)6(12)4(10)2-8/h1,4-7,9-12H,2,8H2;1,3-6,8-12H,2H2/t4-,5+,6-,7-;3-,4+,5+,6+/m00/s1. The molecular formula is C13H25NO10. The number of carbonyl (C=O) groups is 1. The van der Waals surface area contributed by atoms with Gasteiger partial charge in [0.05, 0.1) is 19.3 Å². The molecule has 11 heteroatoms. The zero-order chi connectivity index (χ0) is 19.0. The Bertz CT molecular complexity index is 406. The second kappa shape index (κ2) is 10.8. The van der Waals surface area contributed by atoms with Gasteiger partial charge in [-0.3, -0.25) is 0 Å². The molecule has 0 aromatic rings. The first-order valence-electron chi connectivity index (χ1n) is 7.01. The zero-order valence-corrected chi connectivity index (χ0v) is 12.7. The SMILES string of the molecule is N[C@H]1C=C(CO)[C@@H](O)[C@H](O)[C@H]1O.O=C[C@H](O)[C@@H](O)[C@H](O)[C@H](O)CO. The summed E-state index contributed by atoms with van der Waals surface area (Å²) in [5.74, 6) is 0. The van der Waals surface area contributed by atoms with Gasteiger partial charge in [0.1, 0.15) is 42.7 Å². The lowest BCUT2D eigenvalue weighted by atomic mass is 9.89. The van der Waals surface area contributed by atoms with E-state index < -0.39 is 55.4 Å². The van der Waals surface area contributed by atoms with Gasteiger partial charge in [0.2, 0.25) is 0 Å². The second-order valence-corrected chi connectivity index (χ2v) is 5.26. The maximum absolute atomic E-state index is 9.90. The van der Waals surface area contributed by atoms with Crippen LogP contribution in [0.5, 0.6) is 0 Å². The molecule has 0 radical (unpaired) electrons. The maximum Gasteiger partial charge on any atom is 0.151 e. The van der Waals surface area contributed by atoms with Crippen LogP contribution < -0.4 is 5.73 Å². The monoisotopic (exact) mass is 355 g/mol. The highest BCUT2D eigenvalue weighted by molar-refractivity contribution is 5.56. The minimum absolute atomic E-state index is 0.0258. The van der Waals surface area contributed by atoms with Crippen molar-refractivity contribution in [2.45, 2.75) is 48.8 Å². The predicted octanol–water partition coefficient (Wildman–Crippen LogP) is -6.05. The Balaban J connectivity index is 0.000000441. The van der Waals surface area contributed by atoms with Crippen molar-refractivity contribution >= 4 is 6.29 Å². The topological polar surface area (TPSA) is 225 Å². The number of carbonyl (C=O) groups excluding carboxylic acids is 1. The molecule has 1 aliphatic rings. The summed E-state index contributed by atoms with van der Waals surface area (Å²) >= 11 is 0. The minimum atomic E-state index is -1.79. The van der Waals surface area contributed by atoms with Gasteiger partial charge in [-0.15, -0.1) is 0 Å². The largest absolute Gasteiger partial charge is 0.394 e. The summed E-state index contributed by atoms with van der Waals surface area (Å²) in [6.07, 6.45) is -9.18. The number of aliphatic hydroxyl groups is 9. The van der Waals surface area contributed by atoms with E-state index >= 15 is 0 Å². The quantitative estimate of drug-likeness (QED) is 0.159. The van der Waals surface area contributed by atoms with Crippen molar-refractivity contribution in [3.8, 4) is 0 Å². The Morgan fingerprint density at radius 2 is 1.58 bits per heavy atom. The first-order chi connectivity index (χ1) is 11.1. The van der Waals surface area contributed by atoms with Crippen molar-refractivity contribution < 1.29 is 50.8 Å². The van der Waals surface area contributed by atoms with E-state index in [0.29, 0.717) is 0 Å². The third-order valence-corrected chi connectivity index (χ3v) is 3.46. The first-order valence-corrected chi connectivity index (χ1v) is 7.01. The van der Waals surface area contributed by atoms with E-state index in [1.54, 1.807) is 0 Å². The van der Waals surface area contributed by atoms with Crippen LogP contribution >= 0.6 is 0 Å². The summed E-state index contributed by atoms with van der Waals surface area (Å²) < 4.78 is 0. The van der Waals surface area contributed by atoms with Gasteiger partial charge in [-0.2, -0.15) is 0 Å². The summed E-state index contributed by atoms with van der Waals surface area (Å²) in [5.41, 5.74) is 5.64. The van der Waals surface area contributed by atoms with Crippen molar-refractivity contribution in [3.05, 3.63) is 11.6 Å². The van der Waals surface area contributed by atoms with Gasteiger partial charge in [0, 0.05) is 0 Å². The van der Waals surface area contributed by atoms with Crippen LogP contribution in [-0.4, -0.2) is 114 Å². The molecule has 0 saturated heterocycles. The van der Waals surface area contributed by atoms with Crippen molar-refractivity contribution in [1.29, 1.82) is 0 Å². The second-order valence-electron chi connectivity index (χ2n) is 5.26. The highest BCUT2D eigenvalue weighted by Crippen LogP contribution is 2.18. The molecule has 11 nitrogen and oxygen atoms in total. The van der Waals surface area contributed by atoms with E-state index in [1.165, 1.54) is 6.08 Å². The van der Waals surface area contributed by atoms with Crippen LogP contribution in [0, 0.1) is 0 Å². The van der Waals surface area contributed by atoms with E-state index in [4.69, 9.17) is 41.5 Å². The van der Waals surface area contributed by atoms with Crippen LogP contribution in [0.15, 0.2) is 11.6 Å². The fourth-order valence-electron chi connectivity index (χ4n) is 1.84. The fraction of sp³-hybridized carbons (Fsp3) is 0.769. The summed E-state index contributed by atoms with van der Waals surface area (Å²) in [5, 5.41) is 79.8. The minimum Gasteiger partial charge on any atom is -0.394 e. The molecule has 0 fully saturated rings. The van der Waals surface area contributed by atoms with E-state index in [1.807, 2.05) is 0 Å². The number of aliphatic hydroxyl groups excluding tert-OH is 9. The number of aldehydes is 1. The molecule has 0 unspecified atom stereocenters. The van der Waals surface area contributed by atoms with Gasteiger partial charge in [0.25, 0.3) is 0 Å². The van der Waals surface area contributed by atoms with Crippen molar-refractivity contribution in [2.24, 2.45) is 5.73 Å². The Kier molecular flexibility index (Phi) is 10.3. The van der Waals surface area contributed by atoms with Crippen molar-refractivity contribution in [3.63, 3.8) is 0 Å². The van der Waals surface area contributed by atoms with Gasteiger partial charge in [0.15, 0.2) is 6.29 Å². The van der Waals surface area contributed by atoms with E-state index in [2.05, 4.69) is 0 Å². The molecular weight excluding hydrogens is 330 g/mol. The van der Waals surface area contributed by atoms with Crippen LogP contribution in [0.25, 0.3) is 0 Å². The summed E-state index contributed by atoms with van der Waals surface area (Å²) in [6, 6.07) is -0.731. The summed E-state index contributed by atoms with van der Waals surface area (Å²) in [6.45, 7) is -1.12. The molecule has 0 bridgehead atoms. The highest BCUT2D eigenvalue weighted by atomic mass is 16.4. The summed E-state index contributed by atoms with van der Waals surface area (Å²) in [4.78, 5) is 9.90. The van der Waals surface area contributed by atoms with Crippen molar-refractivity contribution in [1.82, 2.24) is 0 Å². The molecule has 0 amide bonds. The number of rotatable bonds is 6. The Morgan fingerprint density at radius 1 is 1.04 bits per heavy atom. The molecule has 8 atom stereocenters. The van der Waals surface area contributed by atoms with Gasteiger partial charge >= 0.3 is 0 Å². The van der Waals surface area contributed by atoms with E-state index in [0.717, 1.165) is 0 Å². The molecule has 0 aromatic carbocycles. The summed E-state index contributed by atoms with van der Waals surface area (Å²) in [7, 11) is 0. The van der Waals surface area contributed by atoms with E-state index in [9.17, 15) is 15.0 Å². The molecule has 142 valence electrons. The van der Waals surface area contributed by atoms with Crippen LogP contribution in [0.1, 0.15) is 0 Å². The lowest BCUT2D eigenvalue weighted by Gasteiger charge is -2.32. The molecule has 0 saturated carbocycles. The normalized spacial score (nSPS) is 31.8. The average molecular weight is 355 g/mol. The Hall–Kier alpha value is -0.990. The van der Waals surface area contributed by atoms with Crippen LogP contribution in [-0.2, 0) is 4.79 Å². The Morgan fingerprint density at radius 3 is 2.00 bits per heavy atom. The van der Waals surface area contributed by atoms with Gasteiger partial charge < -0.3 is 56.5 Å². The lowest BCUT2D eigenvalue weighted by molar-refractivity contribution is -0.136. The predicted molar refractivity (Wildman–Crippen MR) is 78.3 cm³/mol. The van der Waals surface area contributed by atoms with Crippen LogP contribution in [0.4, 0.5) is 0 Å². The lowest BCUT2D eigenvalue weighted by Crippen LogP contribution is -2.52. The molecule has 0 aliphatic heterocycles. The molecule has 1 aliphatic carbocycles. The molecule has 0 heterocycles. The fourth-order valence-corrected chi connectivity index (χ4v) is 1.84. The Labute approximate surface area is 137 Å². The van der Waals surface area contributed by atoms with Gasteiger partial charge in [-0.1, -0.05) is 6.08 Å². The average Bonchev–Trinajstić information content (AvgIpc) is 2.60. The first kappa shape index (κ1) is 23.0. The van der Waals surface area contributed by atoms with E-state index in [-0.39, 0.29) is 18.5 Å². The molecule has 11 N–H and O–H groups in total. The molecule has 1 rings (SSSR count).